The predicted molar refractivity (Wildman–Crippen MR) is 126 cm³/mol. The number of ketones is 1. The Morgan fingerprint density at radius 1 is 0.941 bits per heavy atom. The van der Waals surface area contributed by atoms with Crippen molar-refractivity contribution in [3.05, 3.63) is 48.0 Å². The quantitative estimate of drug-likeness (QED) is 0.510. The third kappa shape index (κ3) is 6.06. The van der Waals surface area contributed by atoms with Gasteiger partial charge in [0.05, 0.1) is 26.2 Å². The lowest BCUT2D eigenvalue weighted by Gasteiger charge is -2.31. The lowest BCUT2D eigenvalue weighted by Crippen LogP contribution is -2.41. The molecule has 3 rings (SSSR count). The first-order valence-electron chi connectivity index (χ1n) is 11.0. The molecule has 1 amide bonds. The number of amides is 1. The summed E-state index contributed by atoms with van der Waals surface area (Å²) in [7, 11) is 0.655. The van der Waals surface area contributed by atoms with Gasteiger partial charge in [-0.2, -0.15) is 0 Å². The SMILES string of the molecule is COc1ccc(C(=O)C2CCN(C(=O)CCNS(=O)(=O)c3ccc(OC)c(OC)c3)CC2)cc1. The minimum atomic E-state index is -3.81. The van der Waals surface area contributed by atoms with Gasteiger partial charge in [-0.15, -0.1) is 0 Å². The van der Waals surface area contributed by atoms with E-state index in [1.165, 1.54) is 32.4 Å². The van der Waals surface area contributed by atoms with Crippen molar-refractivity contribution in [2.24, 2.45) is 5.92 Å². The molecule has 0 aliphatic carbocycles. The Morgan fingerprint density at radius 3 is 2.18 bits per heavy atom. The first-order valence-corrected chi connectivity index (χ1v) is 12.4. The second-order valence-electron chi connectivity index (χ2n) is 7.91. The molecule has 0 atom stereocenters. The summed E-state index contributed by atoms with van der Waals surface area (Å²) in [5.41, 5.74) is 0.634. The summed E-state index contributed by atoms with van der Waals surface area (Å²) in [6.45, 7) is 0.905. The van der Waals surface area contributed by atoms with Crippen LogP contribution in [0, 0.1) is 5.92 Å². The zero-order valence-electron chi connectivity index (χ0n) is 19.6. The lowest BCUT2D eigenvalue weighted by atomic mass is 9.89. The minimum absolute atomic E-state index is 0.0236. The van der Waals surface area contributed by atoms with Crippen molar-refractivity contribution in [3.8, 4) is 17.2 Å². The van der Waals surface area contributed by atoms with Crippen LogP contribution in [-0.4, -0.2) is 66.0 Å². The average molecular weight is 491 g/mol. The van der Waals surface area contributed by atoms with E-state index >= 15 is 0 Å². The number of benzene rings is 2. The van der Waals surface area contributed by atoms with Gasteiger partial charge in [0.2, 0.25) is 15.9 Å². The first-order chi connectivity index (χ1) is 16.3. The Bertz CT molecular complexity index is 1110. The monoisotopic (exact) mass is 490 g/mol. The Hall–Kier alpha value is -3.11. The largest absolute Gasteiger partial charge is 0.497 e. The van der Waals surface area contributed by atoms with Gasteiger partial charge in [-0.3, -0.25) is 9.59 Å². The van der Waals surface area contributed by atoms with Crippen molar-refractivity contribution >= 4 is 21.7 Å². The van der Waals surface area contributed by atoms with Gasteiger partial charge in [-0.25, -0.2) is 13.1 Å². The van der Waals surface area contributed by atoms with E-state index in [1.807, 2.05) is 0 Å². The molecule has 2 aromatic carbocycles. The number of nitrogens with one attached hydrogen (secondary N) is 1. The van der Waals surface area contributed by atoms with E-state index in [9.17, 15) is 18.0 Å². The number of ether oxygens (including phenoxy) is 3. The number of methoxy groups -OCH3 is 3. The summed E-state index contributed by atoms with van der Waals surface area (Å²) in [6, 6.07) is 11.3. The molecule has 2 aromatic rings. The maximum absolute atomic E-state index is 12.7. The van der Waals surface area contributed by atoms with Gasteiger partial charge in [0, 0.05) is 43.6 Å². The predicted octanol–water partition coefficient (Wildman–Crippen LogP) is 2.50. The Kier molecular flexibility index (Phi) is 8.51. The van der Waals surface area contributed by atoms with E-state index in [0.717, 1.165) is 0 Å². The highest BCUT2D eigenvalue weighted by Crippen LogP contribution is 2.29. The second kappa shape index (κ2) is 11.3. The smallest absolute Gasteiger partial charge is 0.240 e. The van der Waals surface area contributed by atoms with Crippen molar-refractivity contribution in [1.82, 2.24) is 9.62 Å². The van der Waals surface area contributed by atoms with Crippen molar-refractivity contribution in [2.75, 3.05) is 41.0 Å². The molecule has 1 fully saturated rings. The molecular formula is C24H30N2O7S. The molecule has 184 valence electrons. The van der Waals surface area contributed by atoms with Crippen LogP contribution in [0.4, 0.5) is 0 Å². The molecule has 1 N–H and O–H groups in total. The summed E-state index contributed by atoms with van der Waals surface area (Å²) in [5, 5.41) is 0. The number of sulfonamides is 1. The van der Waals surface area contributed by atoms with E-state index in [2.05, 4.69) is 4.72 Å². The molecule has 1 aliphatic heterocycles. The fraction of sp³-hybridized carbons (Fsp3) is 0.417. The third-order valence-corrected chi connectivity index (χ3v) is 7.35. The normalized spacial score (nSPS) is 14.5. The lowest BCUT2D eigenvalue weighted by molar-refractivity contribution is -0.132. The molecule has 34 heavy (non-hydrogen) atoms. The van der Waals surface area contributed by atoms with Crippen LogP contribution in [0.3, 0.4) is 0 Å². The van der Waals surface area contributed by atoms with Crippen molar-refractivity contribution < 1.29 is 32.2 Å². The van der Waals surface area contributed by atoms with Crippen LogP contribution in [-0.2, 0) is 14.8 Å². The fourth-order valence-corrected chi connectivity index (χ4v) is 4.95. The van der Waals surface area contributed by atoms with Crippen LogP contribution >= 0.6 is 0 Å². The highest BCUT2D eigenvalue weighted by molar-refractivity contribution is 7.89. The van der Waals surface area contributed by atoms with Crippen LogP contribution in [0.2, 0.25) is 0 Å². The first kappa shape index (κ1) is 25.5. The summed E-state index contributed by atoms with van der Waals surface area (Å²) >= 11 is 0. The fourth-order valence-electron chi connectivity index (χ4n) is 3.90. The van der Waals surface area contributed by atoms with Gasteiger partial charge in [0.1, 0.15) is 5.75 Å². The number of carbonyl (C=O) groups excluding carboxylic acids is 2. The van der Waals surface area contributed by atoms with Crippen LogP contribution in [0.25, 0.3) is 0 Å². The number of hydrogen-bond donors (Lipinski definition) is 1. The summed E-state index contributed by atoms with van der Waals surface area (Å²) in [5.74, 6) is 1.20. The van der Waals surface area contributed by atoms with Crippen molar-refractivity contribution in [2.45, 2.75) is 24.2 Å². The Balaban J connectivity index is 1.48. The molecule has 0 radical (unpaired) electrons. The van der Waals surface area contributed by atoms with E-state index in [0.29, 0.717) is 48.7 Å². The van der Waals surface area contributed by atoms with Crippen LogP contribution in [0.5, 0.6) is 17.2 Å². The molecule has 0 spiro atoms. The van der Waals surface area contributed by atoms with Crippen LogP contribution in [0.15, 0.2) is 47.4 Å². The summed E-state index contributed by atoms with van der Waals surface area (Å²) in [6.07, 6.45) is 1.19. The highest BCUT2D eigenvalue weighted by Gasteiger charge is 2.28. The number of nitrogens with zero attached hydrogens (tertiary/aromatic N) is 1. The van der Waals surface area contributed by atoms with E-state index in [-0.39, 0.29) is 35.5 Å². The van der Waals surface area contributed by atoms with E-state index in [1.54, 1.807) is 36.3 Å². The van der Waals surface area contributed by atoms with Crippen molar-refractivity contribution in [1.29, 1.82) is 0 Å². The Morgan fingerprint density at radius 2 is 1.59 bits per heavy atom. The van der Waals surface area contributed by atoms with Gasteiger partial charge < -0.3 is 19.1 Å². The number of piperidine rings is 1. The minimum Gasteiger partial charge on any atom is -0.497 e. The van der Waals surface area contributed by atoms with Gasteiger partial charge in [-0.1, -0.05) is 0 Å². The Labute approximate surface area is 200 Å². The topological polar surface area (TPSA) is 111 Å². The molecular weight excluding hydrogens is 460 g/mol. The zero-order chi connectivity index (χ0) is 24.7. The average Bonchev–Trinajstić information content (AvgIpc) is 2.87. The highest BCUT2D eigenvalue weighted by atomic mass is 32.2. The summed E-state index contributed by atoms with van der Waals surface area (Å²) in [4.78, 5) is 27.0. The number of Topliss-reactive ketones (excluding diaryl/α,β-unsaturated/α-hetero) is 1. The molecule has 10 heteroatoms. The van der Waals surface area contributed by atoms with Crippen molar-refractivity contribution in [3.63, 3.8) is 0 Å². The van der Waals surface area contributed by atoms with E-state index < -0.39 is 10.0 Å². The number of rotatable bonds is 10. The molecule has 1 saturated heterocycles. The molecule has 0 bridgehead atoms. The maximum Gasteiger partial charge on any atom is 0.240 e. The third-order valence-electron chi connectivity index (χ3n) is 5.89. The zero-order valence-corrected chi connectivity index (χ0v) is 20.4. The molecule has 0 aromatic heterocycles. The second-order valence-corrected chi connectivity index (χ2v) is 9.68. The van der Waals surface area contributed by atoms with E-state index in [4.69, 9.17) is 14.2 Å². The number of hydrogen-bond acceptors (Lipinski definition) is 7. The molecule has 0 unspecified atom stereocenters. The molecule has 1 aliphatic rings. The summed E-state index contributed by atoms with van der Waals surface area (Å²) < 4.78 is 43.0. The molecule has 0 saturated carbocycles. The van der Waals surface area contributed by atoms with Gasteiger partial charge in [0.15, 0.2) is 17.3 Å². The molecule has 1 heterocycles. The maximum atomic E-state index is 12.7. The van der Waals surface area contributed by atoms with Gasteiger partial charge in [-0.05, 0) is 49.2 Å². The number of likely N-dealkylation sites (tertiary alicyclic amines) is 1. The van der Waals surface area contributed by atoms with Gasteiger partial charge >= 0.3 is 0 Å². The van der Waals surface area contributed by atoms with Crippen LogP contribution in [0.1, 0.15) is 29.6 Å². The molecule has 9 nitrogen and oxygen atoms in total. The van der Waals surface area contributed by atoms with Crippen LogP contribution < -0.4 is 18.9 Å². The van der Waals surface area contributed by atoms with Gasteiger partial charge in [0.25, 0.3) is 0 Å². The standard InChI is InChI=1S/C24H30N2O7S/c1-31-19-6-4-17(5-7-19)24(28)18-11-14-26(15-12-18)23(27)10-13-25-34(29,30)20-8-9-21(32-2)22(16-20)33-3/h4-9,16,18,25H,10-15H2,1-3H3. The number of carbonyl (C=O) groups is 2.